The molecule has 0 saturated carbocycles. The molecule has 4 rings (SSSR count). The van der Waals surface area contributed by atoms with E-state index in [0.717, 1.165) is 30.6 Å². The van der Waals surface area contributed by atoms with Crippen molar-refractivity contribution in [2.45, 2.75) is 12.5 Å². The van der Waals surface area contributed by atoms with E-state index in [9.17, 15) is 9.18 Å². The molecule has 6 heteroatoms. The van der Waals surface area contributed by atoms with Crippen molar-refractivity contribution in [3.63, 3.8) is 0 Å². The minimum absolute atomic E-state index is 0.0967. The van der Waals surface area contributed by atoms with Crippen molar-refractivity contribution in [1.82, 2.24) is 14.9 Å². The number of benzene rings is 1. The molecular weight excluding hydrogens is 331 g/mol. The maximum atomic E-state index is 13.7. The van der Waals surface area contributed by atoms with Gasteiger partial charge in [-0.2, -0.15) is 0 Å². The van der Waals surface area contributed by atoms with Crippen molar-refractivity contribution in [3.05, 3.63) is 66.5 Å². The molecule has 0 bridgehead atoms. The Morgan fingerprint density at radius 3 is 2.81 bits per heavy atom. The lowest BCUT2D eigenvalue weighted by atomic mass is 10.1. The highest BCUT2D eigenvalue weighted by Crippen LogP contribution is 2.25. The summed E-state index contributed by atoms with van der Waals surface area (Å²) < 4.78 is 13.7. The van der Waals surface area contributed by atoms with E-state index in [1.165, 1.54) is 18.3 Å². The van der Waals surface area contributed by atoms with E-state index in [-0.39, 0.29) is 17.8 Å². The predicted molar refractivity (Wildman–Crippen MR) is 98.6 cm³/mol. The molecule has 1 saturated heterocycles. The van der Waals surface area contributed by atoms with Crippen LogP contribution in [0.3, 0.4) is 0 Å². The first-order valence-corrected chi connectivity index (χ1v) is 8.59. The van der Waals surface area contributed by atoms with Crippen LogP contribution in [0.4, 0.5) is 10.1 Å². The van der Waals surface area contributed by atoms with Gasteiger partial charge >= 0.3 is 0 Å². The van der Waals surface area contributed by atoms with Crippen LogP contribution in [-0.2, 0) is 0 Å². The molecule has 0 spiro atoms. The SMILES string of the molecule is CN(C(=O)c1cncc2ccc(F)cc12)C1CCN(c2ccncc2)C1. The largest absolute Gasteiger partial charge is 0.369 e. The number of carbonyl (C=O) groups is 1. The summed E-state index contributed by atoms with van der Waals surface area (Å²) >= 11 is 0. The van der Waals surface area contributed by atoms with Crippen molar-refractivity contribution in [2.24, 2.45) is 0 Å². The standard InChI is InChI=1S/C20H19FN4O/c1-24(17-6-9-25(13-17)16-4-7-22-8-5-16)20(26)19-12-23-11-14-2-3-15(21)10-18(14)19/h2-5,7-8,10-12,17H,6,9,13H2,1H3. The quantitative estimate of drug-likeness (QED) is 0.728. The Morgan fingerprint density at radius 2 is 2.00 bits per heavy atom. The molecule has 0 aliphatic carbocycles. The van der Waals surface area contributed by atoms with Crippen LogP contribution in [0, 0.1) is 5.82 Å². The number of hydrogen-bond acceptors (Lipinski definition) is 4. The summed E-state index contributed by atoms with van der Waals surface area (Å²) in [6.07, 6.45) is 7.60. The van der Waals surface area contributed by atoms with E-state index in [1.807, 2.05) is 12.1 Å². The molecule has 1 fully saturated rings. The van der Waals surface area contributed by atoms with Crippen LogP contribution in [0.5, 0.6) is 0 Å². The van der Waals surface area contributed by atoms with Crippen molar-refractivity contribution in [3.8, 4) is 0 Å². The molecule has 1 aliphatic heterocycles. The molecule has 1 aromatic carbocycles. The fraction of sp³-hybridized carbons (Fsp3) is 0.250. The van der Waals surface area contributed by atoms with Crippen LogP contribution < -0.4 is 4.90 Å². The Hall–Kier alpha value is -3.02. The van der Waals surface area contributed by atoms with Crippen molar-refractivity contribution < 1.29 is 9.18 Å². The van der Waals surface area contributed by atoms with Gasteiger partial charge in [0, 0.05) is 61.4 Å². The number of halogens is 1. The van der Waals surface area contributed by atoms with Gasteiger partial charge < -0.3 is 9.80 Å². The van der Waals surface area contributed by atoms with E-state index in [4.69, 9.17) is 0 Å². The number of pyridine rings is 2. The monoisotopic (exact) mass is 350 g/mol. The summed E-state index contributed by atoms with van der Waals surface area (Å²) in [5.41, 5.74) is 1.55. The predicted octanol–water partition coefficient (Wildman–Crippen LogP) is 3.12. The Labute approximate surface area is 151 Å². The van der Waals surface area contributed by atoms with Crippen molar-refractivity contribution in [2.75, 3.05) is 25.0 Å². The van der Waals surface area contributed by atoms with Crippen LogP contribution in [-0.4, -0.2) is 47.0 Å². The zero-order valence-corrected chi connectivity index (χ0v) is 14.5. The summed E-state index contributed by atoms with van der Waals surface area (Å²) in [5.74, 6) is -0.486. The van der Waals surface area contributed by atoms with E-state index in [0.29, 0.717) is 10.9 Å². The number of hydrogen-bond donors (Lipinski definition) is 0. The Bertz CT molecular complexity index is 947. The van der Waals surface area contributed by atoms with Crippen LogP contribution >= 0.6 is 0 Å². The summed E-state index contributed by atoms with van der Waals surface area (Å²) in [4.78, 5) is 25.2. The third-order valence-corrected chi connectivity index (χ3v) is 5.01. The fourth-order valence-electron chi connectivity index (χ4n) is 3.51. The molecule has 0 N–H and O–H groups in total. The lowest BCUT2D eigenvalue weighted by Crippen LogP contribution is -2.39. The average Bonchev–Trinajstić information content (AvgIpc) is 3.17. The van der Waals surface area contributed by atoms with Gasteiger partial charge in [0.1, 0.15) is 5.82 Å². The van der Waals surface area contributed by atoms with Gasteiger partial charge in [0.25, 0.3) is 5.91 Å². The van der Waals surface area contributed by atoms with E-state index in [1.54, 1.807) is 36.6 Å². The van der Waals surface area contributed by atoms with E-state index < -0.39 is 0 Å². The normalized spacial score (nSPS) is 16.8. The van der Waals surface area contributed by atoms with Crippen molar-refractivity contribution in [1.29, 1.82) is 0 Å². The second-order valence-corrected chi connectivity index (χ2v) is 6.56. The van der Waals surface area contributed by atoms with Crippen LogP contribution in [0.25, 0.3) is 10.8 Å². The second kappa shape index (κ2) is 6.71. The minimum atomic E-state index is -0.356. The number of likely N-dealkylation sites (N-methyl/N-ethyl adjacent to an activating group) is 1. The van der Waals surface area contributed by atoms with Gasteiger partial charge in [-0.25, -0.2) is 4.39 Å². The van der Waals surface area contributed by atoms with Crippen LogP contribution in [0.1, 0.15) is 16.8 Å². The first kappa shape index (κ1) is 16.4. The molecule has 2 aromatic heterocycles. The molecule has 0 radical (unpaired) electrons. The zero-order valence-electron chi connectivity index (χ0n) is 14.5. The van der Waals surface area contributed by atoms with Gasteiger partial charge in [-0.3, -0.25) is 14.8 Å². The average molecular weight is 350 g/mol. The Morgan fingerprint density at radius 1 is 1.19 bits per heavy atom. The number of amides is 1. The number of fused-ring (bicyclic) bond motifs is 1. The molecule has 1 amide bonds. The number of nitrogens with zero attached hydrogens (tertiary/aromatic N) is 4. The molecular formula is C20H19FN4O. The molecule has 1 atom stereocenters. The summed E-state index contributed by atoms with van der Waals surface area (Å²) in [6.45, 7) is 1.65. The lowest BCUT2D eigenvalue weighted by Gasteiger charge is -2.26. The summed E-state index contributed by atoms with van der Waals surface area (Å²) in [7, 11) is 1.81. The number of anilines is 1. The zero-order chi connectivity index (χ0) is 18.1. The van der Waals surface area contributed by atoms with E-state index in [2.05, 4.69) is 14.9 Å². The fourth-order valence-corrected chi connectivity index (χ4v) is 3.51. The first-order chi connectivity index (χ1) is 12.6. The molecule has 1 aliphatic rings. The molecule has 3 heterocycles. The van der Waals surface area contributed by atoms with E-state index >= 15 is 0 Å². The first-order valence-electron chi connectivity index (χ1n) is 8.59. The summed E-state index contributed by atoms with van der Waals surface area (Å²) in [5, 5.41) is 1.36. The smallest absolute Gasteiger partial charge is 0.256 e. The van der Waals surface area contributed by atoms with Crippen molar-refractivity contribution >= 4 is 22.4 Å². The molecule has 5 nitrogen and oxygen atoms in total. The molecule has 1 unspecified atom stereocenters. The molecule has 26 heavy (non-hydrogen) atoms. The summed E-state index contributed by atoms with van der Waals surface area (Å²) in [6, 6.07) is 8.47. The lowest BCUT2D eigenvalue weighted by molar-refractivity contribution is 0.0746. The van der Waals surface area contributed by atoms with Gasteiger partial charge in [-0.15, -0.1) is 0 Å². The topological polar surface area (TPSA) is 49.3 Å². The second-order valence-electron chi connectivity index (χ2n) is 6.56. The Kier molecular flexibility index (Phi) is 4.24. The number of rotatable bonds is 3. The molecule has 132 valence electrons. The van der Waals surface area contributed by atoms with Gasteiger partial charge in [0.15, 0.2) is 0 Å². The van der Waals surface area contributed by atoms with Gasteiger partial charge in [0.05, 0.1) is 11.6 Å². The number of aromatic nitrogens is 2. The molecule has 3 aromatic rings. The highest BCUT2D eigenvalue weighted by atomic mass is 19.1. The van der Waals surface area contributed by atoms with Gasteiger partial charge in [0.2, 0.25) is 0 Å². The highest BCUT2D eigenvalue weighted by Gasteiger charge is 2.29. The van der Waals surface area contributed by atoms with Gasteiger partial charge in [-0.1, -0.05) is 0 Å². The minimum Gasteiger partial charge on any atom is -0.369 e. The third-order valence-electron chi connectivity index (χ3n) is 5.01. The van der Waals surface area contributed by atoms with Crippen LogP contribution in [0.2, 0.25) is 0 Å². The van der Waals surface area contributed by atoms with Gasteiger partial charge in [-0.05, 0) is 36.8 Å². The Balaban J connectivity index is 1.57. The maximum absolute atomic E-state index is 13.7. The maximum Gasteiger partial charge on any atom is 0.256 e. The number of carbonyl (C=O) groups excluding carboxylic acids is 1. The highest BCUT2D eigenvalue weighted by molar-refractivity contribution is 6.06. The van der Waals surface area contributed by atoms with Crippen LogP contribution in [0.15, 0.2) is 55.1 Å². The third kappa shape index (κ3) is 2.98.